The number of morpholine rings is 1. The van der Waals surface area contributed by atoms with Crippen LogP contribution in [0, 0.1) is 0 Å². The Bertz CT molecular complexity index is 507. The predicted molar refractivity (Wildman–Crippen MR) is 68.8 cm³/mol. The molecule has 2 aliphatic heterocycles. The number of rotatable bonds is 1. The molecule has 1 fully saturated rings. The van der Waals surface area contributed by atoms with Gasteiger partial charge in [-0.15, -0.1) is 0 Å². The number of para-hydroxylation sites is 1. The molecule has 0 aromatic heterocycles. The number of likely N-dealkylation sites (N-methyl/N-ethyl adjacent to an activating group) is 1. The van der Waals surface area contributed by atoms with Crippen molar-refractivity contribution in [1.29, 1.82) is 0 Å². The number of benzene rings is 1. The van der Waals surface area contributed by atoms with E-state index in [4.69, 9.17) is 4.74 Å². The van der Waals surface area contributed by atoms with E-state index >= 15 is 0 Å². The van der Waals surface area contributed by atoms with Gasteiger partial charge in [0.2, 0.25) is 0 Å². The first-order valence-corrected chi connectivity index (χ1v) is 6.06. The number of hydrazone groups is 1. The maximum Gasteiger partial charge on any atom is 0.279 e. The molecule has 2 aliphatic rings. The van der Waals surface area contributed by atoms with Crippen molar-refractivity contribution < 1.29 is 9.53 Å². The van der Waals surface area contributed by atoms with Crippen LogP contribution in [0.2, 0.25) is 0 Å². The number of fused-ring (bicyclic) bond motifs is 1. The van der Waals surface area contributed by atoms with E-state index in [0.717, 1.165) is 24.3 Å². The second-order valence-corrected chi connectivity index (χ2v) is 4.40. The Labute approximate surface area is 106 Å². The highest BCUT2D eigenvalue weighted by Gasteiger charge is 2.31. The third-order valence-corrected chi connectivity index (χ3v) is 3.26. The maximum absolute atomic E-state index is 12.2. The van der Waals surface area contributed by atoms with E-state index in [1.165, 1.54) is 0 Å². The third-order valence-electron chi connectivity index (χ3n) is 3.26. The van der Waals surface area contributed by atoms with Gasteiger partial charge in [-0.3, -0.25) is 9.80 Å². The Balaban J connectivity index is 1.96. The Morgan fingerprint density at radius 2 is 1.94 bits per heavy atom. The van der Waals surface area contributed by atoms with Gasteiger partial charge in [-0.25, -0.2) is 0 Å². The van der Waals surface area contributed by atoms with Gasteiger partial charge in [-0.2, -0.15) is 5.10 Å². The van der Waals surface area contributed by atoms with Gasteiger partial charge >= 0.3 is 0 Å². The van der Waals surface area contributed by atoms with Gasteiger partial charge < -0.3 is 9.64 Å². The topological polar surface area (TPSA) is 45.1 Å². The van der Waals surface area contributed by atoms with E-state index in [-0.39, 0.29) is 5.91 Å². The minimum atomic E-state index is -0.0392. The summed E-state index contributed by atoms with van der Waals surface area (Å²) in [5.41, 5.74) is 2.38. The van der Waals surface area contributed by atoms with Crippen LogP contribution in [0.1, 0.15) is 5.56 Å². The number of hydrogen-bond donors (Lipinski definition) is 0. The maximum atomic E-state index is 12.2. The smallest absolute Gasteiger partial charge is 0.279 e. The molecular weight excluding hydrogens is 230 g/mol. The summed E-state index contributed by atoms with van der Waals surface area (Å²) < 4.78 is 5.28. The van der Waals surface area contributed by atoms with E-state index in [9.17, 15) is 4.79 Å². The zero-order valence-electron chi connectivity index (χ0n) is 10.3. The zero-order chi connectivity index (χ0) is 12.5. The van der Waals surface area contributed by atoms with Gasteiger partial charge in [-0.1, -0.05) is 18.2 Å². The summed E-state index contributed by atoms with van der Waals surface area (Å²) in [6.07, 6.45) is 0. The highest BCUT2D eigenvalue weighted by atomic mass is 16.5. The molecule has 2 heterocycles. The summed E-state index contributed by atoms with van der Waals surface area (Å²) in [6, 6.07) is 7.74. The number of nitrogens with zero attached hydrogens (tertiary/aromatic N) is 3. The van der Waals surface area contributed by atoms with Crippen LogP contribution in [0.5, 0.6) is 0 Å². The van der Waals surface area contributed by atoms with Gasteiger partial charge in [0, 0.05) is 12.6 Å². The van der Waals surface area contributed by atoms with Gasteiger partial charge in [-0.05, 0) is 6.07 Å². The Morgan fingerprint density at radius 3 is 2.72 bits per heavy atom. The van der Waals surface area contributed by atoms with E-state index in [1.807, 2.05) is 29.3 Å². The predicted octanol–water partition coefficient (Wildman–Crippen LogP) is 0.699. The van der Waals surface area contributed by atoms with Crippen LogP contribution in [0.3, 0.4) is 0 Å². The molecule has 3 rings (SSSR count). The minimum absolute atomic E-state index is 0.0392. The summed E-state index contributed by atoms with van der Waals surface area (Å²) in [6.45, 7) is 2.82. The van der Waals surface area contributed by atoms with Crippen molar-refractivity contribution in [2.45, 2.75) is 0 Å². The second-order valence-electron chi connectivity index (χ2n) is 4.40. The van der Waals surface area contributed by atoms with Crippen molar-refractivity contribution in [3.8, 4) is 0 Å². The monoisotopic (exact) mass is 245 g/mol. The zero-order valence-corrected chi connectivity index (χ0v) is 10.3. The standard InChI is InChI=1S/C13H15N3O2/c1-15-11-5-3-2-4-10(11)12(13(15)17)14-16-6-8-18-9-7-16/h2-5H,6-9H2,1H3/b14-12-. The number of hydrogen-bond acceptors (Lipinski definition) is 4. The highest BCUT2D eigenvalue weighted by molar-refractivity contribution is 6.54. The lowest BCUT2D eigenvalue weighted by atomic mass is 10.1. The Hall–Kier alpha value is -1.88. The second kappa shape index (κ2) is 4.42. The van der Waals surface area contributed by atoms with E-state index < -0.39 is 0 Å². The van der Waals surface area contributed by atoms with Crippen LogP contribution in [0.25, 0.3) is 0 Å². The summed E-state index contributed by atoms with van der Waals surface area (Å²) >= 11 is 0. The average molecular weight is 245 g/mol. The molecule has 0 atom stereocenters. The van der Waals surface area contributed by atoms with Crippen molar-refractivity contribution in [3.63, 3.8) is 0 Å². The van der Waals surface area contributed by atoms with Crippen molar-refractivity contribution in [2.24, 2.45) is 5.10 Å². The Kier molecular flexibility index (Phi) is 2.76. The lowest BCUT2D eigenvalue weighted by Gasteiger charge is -2.24. The van der Waals surface area contributed by atoms with Crippen LogP contribution in [0.15, 0.2) is 29.4 Å². The molecule has 1 amide bonds. The molecular formula is C13H15N3O2. The van der Waals surface area contributed by atoms with Crippen molar-refractivity contribution in [3.05, 3.63) is 29.8 Å². The molecule has 0 radical (unpaired) electrons. The van der Waals surface area contributed by atoms with Gasteiger partial charge in [0.05, 0.1) is 32.0 Å². The molecule has 0 unspecified atom stereocenters. The third kappa shape index (κ3) is 1.76. The molecule has 1 aromatic carbocycles. The summed E-state index contributed by atoms with van der Waals surface area (Å²) in [4.78, 5) is 13.8. The first kappa shape index (κ1) is 11.2. The lowest BCUT2D eigenvalue weighted by molar-refractivity contribution is -0.112. The summed E-state index contributed by atoms with van der Waals surface area (Å²) in [5, 5.41) is 6.40. The van der Waals surface area contributed by atoms with Crippen LogP contribution < -0.4 is 4.90 Å². The first-order chi connectivity index (χ1) is 8.77. The van der Waals surface area contributed by atoms with Crippen LogP contribution >= 0.6 is 0 Å². The number of ether oxygens (including phenoxy) is 1. The van der Waals surface area contributed by atoms with E-state index in [2.05, 4.69) is 5.10 Å². The quantitative estimate of drug-likeness (QED) is 0.731. The van der Waals surface area contributed by atoms with Crippen LogP contribution in [-0.2, 0) is 9.53 Å². The molecule has 0 aliphatic carbocycles. The molecule has 0 bridgehead atoms. The minimum Gasteiger partial charge on any atom is -0.378 e. The molecule has 5 nitrogen and oxygen atoms in total. The fraction of sp³-hybridized carbons (Fsp3) is 0.385. The van der Waals surface area contributed by atoms with Gasteiger partial charge in [0.15, 0.2) is 5.71 Å². The van der Waals surface area contributed by atoms with Crippen molar-refractivity contribution >= 4 is 17.3 Å². The molecule has 1 saturated heterocycles. The molecule has 0 saturated carbocycles. The number of amides is 1. The molecule has 18 heavy (non-hydrogen) atoms. The van der Waals surface area contributed by atoms with E-state index in [0.29, 0.717) is 18.9 Å². The van der Waals surface area contributed by atoms with Crippen molar-refractivity contribution in [1.82, 2.24) is 5.01 Å². The average Bonchev–Trinajstić information content (AvgIpc) is 2.66. The van der Waals surface area contributed by atoms with Crippen LogP contribution in [-0.4, -0.2) is 50.0 Å². The van der Waals surface area contributed by atoms with Gasteiger partial charge in [0.25, 0.3) is 5.91 Å². The summed E-state index contributed by atoms with van der Waals surface area (Å²) in [7, 11) is 1.78. The fourth-order valence-electron chi connectivity index (χ4n) is 2.24. The SMILES string of the molecule is CN1C(=O)/C(=N\N2CCOCC2)c2ccccc21. The summed E-state index contributed by atoms with van der Waals surface area (Å²) in [5.74, 6) is -0.0392. The van der Waals surface area contributed by atoms with Crippen LogP contribution in [0.4, 0.5) is 5.69 Å². The Morgan fingerprint density at radius 1 is 1.22 bits per heavy atom. The number of carbonyl (C=O) groups is 1. The van der Waals surface area contributed by atoms with Crippen molar-refractivity contribution in [2.75, 3.05) is 38.3 Å². The van der Waals surface area contributed by atoms with Gasteiger partial charge in [0.1, 0.15) is 0 Å². The fourth-order valence-corrected chi connectivity index (χ4v) is 2.24. The molecule has 0 N–H and O–H groups in total. The molecule has 94 valence electrons. The lowest BCUT2D eigenvalue weighted by Crippen LogP contribution is -2.35. The molecule has 1 aromatic rings. The first-order valence-electron chi connectivity index (χ1n) is 6.06. The molecule has 5 heteroatoms. The normalized spacial score (nSPS) is 21.6. The largest absolute Gasteiger partial charge is 0.378 e. The van der Waals surface area contributed by atoms with E-state index in [1.54, 1.807) is 11.9 Å². The molecule has 0 spiro atoms. The highest BCUT2D eigenvalue weighted by Crippen LogP contribution is 2.27. The number of anilines is 1. The number of carbonyl (C=O) groups excluding carboxylic acids is 1.